The van der Waals surface area contributed by atoms with Crippen molar-refractivity contribution in [2.24, 2.45) is 0 Å². The maximum absolute atomic E-state index is 13.0. The fourth-order valence-corrected chi connectivity index (χ4v) is 4.39. The Hall–Kier alpha value is -3.32. The first-order valence-corrected chi connectivity index (χ1v) is 12.0. The minimum Gasteiger partial charge on any atom is -0.495 e. The number of hydrogen-bond acceptors (Lipinski definition) is 4. The van der Waals surface area contributed by atoms with Gasteiger partial charge in [0.25, 0.3) is 15.9 Å². The summed E-state index contributed by atoms with van der Waals surface area (Å²) in [5.74, 6) is 0.0257. The molecule has 7 heteroatoms. The summed E-state index contributed by atoms with van der Waals surface area (Å²) in [6, 6.07) is 18.9. The maximum Gasteiger partial charge on any atom is 0.261 e. The van der Waals surface area contributed by atoms with Crippen LogP contribution in [-0.4, -0.2) is 21.4 Å². The molecule has 3 aromatic rings. The first kappa shape index (κ1) is 23.3. The van der Waals surface area contributed by atoms with Gasteiger partial charge in [-0.25, -0.2) is 8.42 Å². The van der Waals surface area contributed by atoms with Crippen molar-refractivity contribution in [3.05, 3.63) is 83.4 Å². The molecule has 0 bridgehead atoms. The van der Waals surface area contributed by atoms with E-state index in [1.54, 1.807) is 24.3 Å². The van der Waals surface area contributed by atoms with Crippen LogP contribution in [-0.2, 0) is 16.4 Å². The Labute approximate surface area is 189 Å². The van der Waals surface area contributed by atoms with Crippen LogP contribution in [0.25, 0.3) is 0 Å². The fraction of sp³-hybridized carbons (Fsp3) is 0.240. The van der Waals surface area contributed by atoms with Gasteiger partial charge in [-0.05, 0) is 67.3 Å². The van der Waals surface area contributed by atoms with Crippen LogP contribution in [0.1, 0.15) is 41.3 Å². The summed E-state index contributed by atoms with van der Waals surface area (Å²) in [5.41, 5.74) is 3.24. The number of aryl methyl sites for hydroxylation is 2. The predicted octanol–water partition coefficient (Wildman–Crippen LogP) is 5.40. The van der Waals surface area contributed by atoms with Crippen LogP contribution in [0.5, 0.6) is 5.75 Å². The first-order chi connectivity index (χ1) is 15.3. The van der Waals surface area contributed by atoms with Crippen molar-refractivity contribution in [3.8, 4) is 5.75 Å². The molecular weight excluding hydrogens is 424 g/mol. The fourth-order valence-electron chi connectivity index (χ4n) is 3.30. The number of rotatable bonds is 9. The van der Waals surface area contributed by atoms with Gasteiger partial charge in [0.2, 0.25) is 0 Å². The summed E-state index contributed by atoms with van der Waals surface area (Å²) in [6.07, 6.45) is 3.16. The van der Waals surface area contributed by atoms with Crippen LogP contribution in [0.2, 0.25) is 0 Å². The summed E-state index contributed by atoms with van der Waals surface area (Å²) in [5, 5.41) is 2.77. The summed E-state index contributed by atoms with van der Waals surface area (Å²) in [7, 11) is -2.39. The molecule has 168 valence electrons. The third kappa shape index (κ3) is 5.68. The molecule has 3 aromatic carbocycles. The molecule has 0 aliphatic rings. The molecule has 0 aromatic heterocycles. The van der Waals surface area contributed by atoms with Gasteiger partial charge in [0.15, 0.2) is 0 Å². The molecule has 0 heterocycles. The molecule has 6 nitrogen and oxygen atoms in total. The third-order valence-electron chi connectivity index (χ3n) is 5.14. The highest BCUT2D eigenvalue weighted by atomic mass is 32.2. The SMILES string of the molecule is CCCCc1ccc(NS(=O)(=O)c2ccc(OC)c(NC(=O)c3ccccc3C)c2)cc1. The van der Waals surface area contributed by atoms with E-state index in [1.165, 1.54) is 30.9 Å². The van der Waals surface area contributed by atoms with Gasteiger partial charge in [-0.1, -0.05) is 43.7 Å². The number of sulfonamides is 1. The van der Waals surface area contributed by atoms with Gasteiger partial charge in [0, 0.05) is 11.3 Å². The van der Waals surface area contributed by atoms with Crippen LogP contribution in [0.3, 0.4) is 0 Å². The zero-order valence-electron chi connectivity index (χ0n) is 18.5. The van der Waals surface area contributed by atoms with Gasteiger partial charge in [0.05, 0.1) is 17.7 Å². The summed E-state index contributed by atoms with van der Waals surface area (Å²) >= 11 is 0. The van der Waals surface area contributed by atoms with E-state index >= 15 is 0 Å². The average Bonchev–Trinajstić information content (AvgIpc) is 2.78. The normalized spacial score (nSPS) is 11.1. The maximum atomic E-state index is 13.0. The highest BCUT2D eigenvalue weighted by Gasteiger charge is 2.19. The zero-order valence-corrected chi connectivity index (χ0v) is 19.3. The standard InChI is InChI=1S/C25H28N2O4S/c1-4-5-9-19-11-13-20(14-12-19)27-32(29,30)21-15-16-24(31-3)23(17-21)26-25(28)22-10-7-6-8-18(22)2/h6-8,10-17,27H,4-5,9H2,1-3H3,(H,26,28). The lowest BCUT2D eigenvalue weighted by Crippen LogP contribution is -2.16. The first-order valence-electron chi connectivity index (χ1n) is 10.5. The number of hydrogen-bond donors (Lipinski definition) is 2. The molecule has 0 saturated carbocycles. The molecule has 0 aliphatic carbocycles. The molecule has 0 unspecified atom stereocenters. The van der Waals surface area contributed by atoms with E-state index in [-0.39, 0.29) is 16.5 Å². The van der Waals surface area contributed by atoms with Crippen molar-refractivity contribution in [2.45, 2.75) is 38.0 Å². The van der Waals surface area contributed by atoms with E-state index in [9.17, 15) is 13.2 Å². The quantitative estimate of drug-likeness (QED) is 0.455. The van der Waals surface area contributed by atoms with Crippen LogP contribution < -0.4 is 14.8 Å². The number of carbonyl (C=O) groups excluding carboxylic acids is 1. The molecule has 3 rings (SSSR count). The molecule has 0 atom stereocenters. The van der Waals surface area contributed by atoms with Gasteiger partial charge >= 0.3 is 0 Å². The Morgan fingerprint density at radius 1 is 1.00 bits per heavy atom. The molecule has 0 spiro atoms. The van der Waals surface area contributed by atoms with E-state index in [2.05, 4.69) is 17.0 Å². The molecule has 0 fully saturated rings. The molecule has 0 radical (unpaired) electrons. The van der Waals surface area contributed by atoms with E-state index < -0.39 is 10.0 Å². The van der Waals surface area contributed by atoms with Crippen molar-refractivity contribution in [2.75, 3.05) is 17.1 Å². The van der Waals surface area contributed by atoms with Crippen molar-refractivity contribution in [1.82, 2.24) is 0 Å². The smallest absolute Gasteiger partial charge is 0.261 e. The highest BCUT2D eigenvalue weighted by Crippen LogP contribution is 2.29. The van der Waals surface area contributed by atoms with Crippen LogP contribution in [0, 0.1) is 6.92 Å². The summed E-state index contributed by atoms with van der Waals surface area (Å²) in [4.78, 5) is 12.8. The number of anilines is 2. The average molecular weight is 453 g/mol. The number of nitrogens with one attached hydrogen (secondary N) is 2. The Morgan fingerprint density at radius 2 is 1.72 bits per heavy atom. The lowest BCUT2D eigenvalue weighted by molar-refractivity contribution is 0.102. The van der Waals surface area contributed by atoms with Gasteiger partial charge in [0.1, 0.15) is 5.75 Å². The molecule has 0 saturated heterocycles. The number of benzene rings is 3. The van der Waals surface area contributed by atoms with Crippen LogP contribution in [0.4, 0.5) is 11.4 Å². The van der Waals surface area contributed by atoms with E-state index in [1.807, 2.05) is 31.2 Å². The summed E-state index contributed by atoms with van der Waals surface area (Å²) < 4.78 is 33.8. The Kier molecular flexibility index (Phi) is 7.53. The Bertz CT molecular complexity index is 1190. The largest absolute Gasteiger partial charge is 0.495 e. The third-order valence-corrected chi connectivity index (χ3v) is 6.52. The number of unbranched alkanes of at least 4 members (excludes halogenated alkanes) is 1. The minimum absolute atomic E-state index is 0.0217. The van der Waals surface area contributed by atoms with E-state index in [0.29, 0.717) is 17.0 Å². The lowest BCUT2D eigenvalue weighted by atomic mass is 10.1. The number of methoxy groups -OCH3 is 1. The Morgan fingerprint density at radius 3 is 2.38 bits per heavy atom. The molecule has 1 amide bonds. The van der Waals surface area contributed by atoms with E-state index in [0.717, 1.165) is 24.8 Å². The second-order valence-corrected chi connectivity index (χ2v) is 9.22. The molecule has 32 heavy (non-hydrogen) atoms. The van der Waals surface area contributed by atoms with Crippen molar-refractivity contribution >= 4 is 27.3 Å². The summed E-state index contributed by atoms with van der Waals surface area (Å²) in [6.45, 7) is 3.97. The molecular formula is C25H28N2O4S. The van der Waals surface area contributed by atoms with Gasteiger partial charge in [-0.15, -0.1) is 0 Å². The van der Waals surface area contributed by atoms with Gasteiger partial charge < -0.3 is 10.1 Å². The Balaban J connectivity index is 1.83. The number of carbonyl (C=O) groups is 1. The van der Waals surface area contributed by atoms with Crippen molar-refractivity contribution in [3.63, 3.8) is 0 Å². The minimum atomic E-state index is -3.86. The second-order valence-electron chi connectivity index (χ2n) is 7.54. The van der Waals surface area contributed by atoms with Crippen molar-refractivity contribution in [1.29, 1.82) is 0 Å². The monoisotopic (exact) mass is 452 g/mol. The van der Waals surface area contributed by atoms with Crippen molar-refractivity contribution < 1.29 is 17.9 Å². The van der Waals surface area contributed by atoms with E-state index in [4.69, 9.17) is 4.74 Å². The molecule has 2 N–H and O–H groups in total. The number of ether oxygens (including phenoxy) is 1. The van der Waals surface area contributed by atoms with Gasteiger partial charge in [-0.3, -0.25) is 9.52 Å². The van der Waals surface area contributed by atoms with Gasteiger partial charge in [-0.2, -0.15) is 0 Å². The second kappa shape index (κ2) is 10.3. The lowest BCUT2D eigenvalue weighted by Gasteiger charge is -2.14. The molecule has 0 aliphatic heterocycles. The van der Waals surface area contributed by atoms with Crippen LogP contribution in [0.15, 0.2) is 71.6 Å². The highest BCUT2D eigenvalue weighted by molar-refractivity contribution is 7.92. The number of amides is 1. The topological polar surface area (TPSA) is 84.5 Å². The predicted molar refractivity (Wildman–Crippen MR) is 128 cm³/mol. The zero-order chi connectivity index (χ0) is 23.1. The van der Waals surface area contributed by atoms with Crippen LogP contribution >= 0.6 is 0 Å².